The molecular formula is C17H23NO5. The van der Waals surface area contributed by atoms with E-state index in [1.807, 2.05) is 31.2 Å². The highest BCUT2D eigenvalue weighted by molar-refractivity contribution is 5.78. The molecule has 6 heteroatoms. The van der Waals surface area contributed by atoms with Gasteiger partial charge in [-0.25, -0.2) is 4.79 Å². The number of hydrogen-bond donors (Lipinski definition) is 1. The average Bonchev–Trinajstić information content (AvgIpc) is 2.55. The van der Waals surface area contributed by atoms with E-state index in [-0.39, 0.29) is 25.0 Å². The molecule has 1 amide bonds. The monoisotopic (exact) mass is 321 g/mol. The van der Waals surface area contributed by atoms with Gasteiger partial charge in [-0.1, -0.05) is 25.1 Å². The molecule has 1 N–H and O–H groups in total. The van der Waals surface area contributed by atoms with Crippen molar-refractivity contribution < 1.29 is 24.2 Å². The number of rotatable bonds is 6. The number of carboxylic acid groups (broad SMARTS) is 1. The van der Waals surface area contributed by atoms with Crippen LogP contribution in [-0.2, 0) is 20.7 Å². The highest BCUT2D eigenvalue weighted by Gasteiger charge is 2.29. The van der Waals surface area contributed by atoms with E-state index < -0.39 is 12.1 Å². The fraction of sp³-hybridized carbons (Fsp3) is 0.529. The summed E-state index contributed by atoms with van der Waals surface area (Å²) in [6.07, 6.45) is 0.199. The van der Waals surface area contributed by atoms with Crippen LogP contribution in [0.4, 0.5) is 0 Å². The van der Waals surface area contributed by atoms with Gasteiger partial charge in [-0.05, 0) is 24.0 Å². The average molecular weight is 321 g/mol. The highest BCUT2D eigenvalue weighted by Crippen LogP contribution is 2.22. The zero-order valence-corrected chi connectivity index (χ0v) is 13.5. The van der Waals surface area contributed by atoms with Gasteiger partial charge in [0.2, 0.25) is 5.91 Å². The molecule has 1 fully saturated rings. The van der Waals surface area contributed by atoms with Gasteiger partial charge in [-0.2, -0.15) is 0 Å². The Bertz CT molecular complexity index is 560. The molecule has 2 rings (SSSR count). The SMILES string of the molecule is COc1ccccc1C[C@H](C)CC(=O)N1CCO[C@H](C(=O)O)C1. The molecule has 0 bridgehead atoms. The summed E-state index contributed by atoms with van der Waals surface area (Å²) in [6.45, 7) is 2.85. The minimum atomic E-state index is -1.02. The Hall–Kier alpha value is -2.08. The van der Waals surface area contributed by atoms with E-state index in [0.29, 0.717) is 13.0 Å². The molecule has 1 aliphatic heterocycles. The van der Waals surface area contributed by atoms with Crippen LogP contribution >= 0.6 is 0 Å². The quantitative estimate of drug-likeness (QED) is 0.861. The molecule has 2 atom stereocenters. The first-order valence-corrected chi connectivity index (χ1v) is 7.75. The lowest BCUT2D eigenvalue weighted by atomic mass is 9.96. The molecule has 1 aromatic rings. The van der Waals surface area contributed by atoms with E-state index in [1.165, 1.54) is 0 Å². The van der Waals surface area contributed by atoms with E-state index in [2.05, 4.69) is 0 Å². The number of hydrogen-bond acceptors (Lipinski definition) is 4. The molecule has 6 nitrogen and oxygen atoms in total. The second-order valence-electron chi connectivity index (χ2n) is 5.86. The zero-order valence-electron chi connectivity index (χ0n) is 13.5. The number of ether oxygens (including phenoxy) is 2. The summed E-state index contributed by atoms with van der Waals surface area (Å²) in [4.78, 5) is 24.9. The molecule has 1 saturated heterocycles. The first kappa shape index (κ1) is 17.3. The van der Waals surface area contributed by atoms with Crippen LogP contribution in [0.1, 0.15) is 18.9 Å². The first-order valence-electron chi connectivity index (χ1n) is 7.75. The van der Waals surface area contributed by atoms with Crippen LogP contribution in [0.5, 0.6) is 5.75 Å². The van der Waals surface area contributed by atoms with E-state index in [4.69, 9.17) is 14.6 Å². The predicted octanol–water partition coefficient (Wildman–Crippen LogP) is 1.58. The van der Waals surface area contributed by atoms with Gasteiger partial charge in [-0.15, -0.1) is 0 Å². The topological polar surface area (TPSA) is 76.1 Å². The fourth-order valence-corrected chi connectivity index (χ4v) is 2.77. The summed E-state index contributed by atoms with van der Waals surface area (Å²) in [5.74, 6) is -0.0828. The van der Waals surface area contributed by atoms with Gasteiger partial charge < -0.3 is 19.5 Å². The number of carbonyl (C=O) groups excluding carboxylic acids is 1. The molecule has 1 aromatic carbocycles. The Kier molecular flexibility index (Phi) is 5.98. The Balaban J connectivity index is 1.90. The van der Waals surface area contributed by atoms with Crippen molar-refractivity contribution in [3.05, 3.63) is 29.8 Å². The highest BCUT2D eigenvalue weighted by atomic mass is 16.5. The number of carbonyl (C=O) groups is 2. The minimum absolute atomic E-state index is 0.0260. The maximum absolute atomic E-state index is 12.4. The molecule has 1 aliphatic rings. The second-order valence-corrected chi connectivity index (χ2v) is 5.86. The molecule has 0 spiro atoms. The number of morpholine rings is 1. The van der Waals surface area contributed by atoms with Crippen LogP contribution in [0.2, 0.25) is 0 Å². The Labute approximate surface area is 136 Å². The van der Waals surface area contributed by atoms with Crippen LogP contribution in [0, 0.1) is 5.92 Å². The van der Waals surface area contributed by atoms with Crippen molar-refractivity contribution in [1.29, 1.82) is 0 Å². The molecule has 23 heavy (non-hydrogen) atoms. The number of carboxylic acids is 1. The van der Waals surface area contributed by atoms with Gasteiger partial charge in [-0.3, -0.25) is 4.79 Å². The molecule has 1 heterocycles. The van der Waals surface area contributed by atoms with Crippen LogP contribution in [0.25, 0.3) is 0 Å². The normalized spacial score (nSPS) is 19.2. The Morgan fingerprint density at radius 1 is 1.43 bits per heavy atom. The number of amides is 1. The number of nitrogens with zero attached hydrogens (tertiary/aromatic N) is 1. The van der Waals surface area contributed by atoms with E-state index in [1.54, 1.807) is 12.0 Å². The van der Waals surface area contributed by atoms with Crippen LogP contribution in [0.3, 0.4) is 0 Å². The number of para-hydroxylation sites is 1. The standard InChI is InChI=1S/C17H23NO5/c1-12(9-13-5-3-4-6-14(13)22-2)10-16(19)18-7-8-23-15(11-18)17(20)21/h3-6,12,15H,7-11H2,1-2H3,(H,20,21)/t12-,15-/m0/s1. The van der Waals surface area contributed by atoms with Crippen molar-refractivity contribution in [3.8, 4) is 5.75 Å². The van der Waals surface area contributed by atoms with Gasteiger partial charge in [0.25, 0.3) is 0 Å². The molecule has 0 saturated carbocycles. The van der Waals surface area contributed by atoms with E-state index >= 15 is 0 Å². The number of aliphatic carboxylic acids is 1. The lowest BCUT2D eigenvalue weighted by Crippen LogP contribution is -2.48. The van der Waals surface area contributed by atoms with Crippen molar-refractivity contribution in [2.24, 2.45) is 5.92 Å². The first-order chi connectivity index (χ1) is 11.0. The molecule has 0 unspecified atom stereocenters. The predicted molar refractivity (Wildman–Crippen MR) is 84.4 cm³/mol. The largest absolute Gasteiger partial charge is 0.496 e. The van der Waals surface area contributed by atoms with Gasteiger partial charge in [0, 0.05) is 13.0 Å². The molecule has 0 aliphatic carbocycles. The van der Waals surface area contributed by atoms with Crippen LogP contribution in [-0.4, -0.2) is 54.8 Å². The van der Waals surface area contributed by atoms with Gasteiger partial charge in [0.1, 0.15) is 5.75 Å². The fourth-order valence-electron chi connectivity index (χ4n) is 2.77. The molecular weight excluding hydrogens is 298 g/mol. The maximum Gasteiger partial charge on any atom is 0.334 e. The lowest BCUT2D eigenvalue weighted by molar-refractivity contribution is -0.159. The zero-order chi connectivity index (χ0) is 16.8. The van der Waals surface area contributed by atoms with E-state index in [0.717, 1.165) is 17.7 Å². The van der Waals surface area contributed by atoms with Crippen LogP contribution < -0.4 is 4.74 Å². The third kappa shape index (κ3) is 4.69. The van der Waals surface area contributed by atoms with Crippen molar-refractivity contribution in [2.45, 2.75) is 25.9 Å². The summed E-state index contributed by atoms with van der Waals surface area (Å²) in [5, 5.41) is 9.00. The van der Waals surface area contributed by atoms with Crippen molar-refractivity contribution >= 4 is 11.9 Å². The lowest BCUT2D eigenvalue weighted by Gasteiger charge is -2.31. The maximum atomic E-state index is 12.4. The van der Waals surface area contributed by atoms with Gasteiger partial charge in [0.15, 0.2) is 6.10 Å². The minimum Gasteiger partial charge on any atom is -0.496 e. The molecule has 126 valence electrons. The van der Waals surface area contributed by atoms with Gasteiger partial charge in [0.05, 0.1) is 20.3 Å². The summed E-state index contributed by atoms with van der Waals surface area (Å²) >= 11 is 0. The number of benzene rings is 1. The van der Waals surface area contributed by atoms with Crippen LogP contribution in [0.15, 0.2) is 24.3 Å². The van der Waals surface area contributed by atoms with E-state index in [9.17, 15) is 9.59 Å². The smallest absolute Gasteiger partial charge is 0.334 e. The van der Waals surface area contributed by atoms with Crippen molar-refractivity contribution in [1.82, 2.24) is 4.90 Å². The molecule has 0 radical (unpaired) electrons. The van der Waals surface area contributed by atoms with Crippen molar-refractivity contribution in [3.63, 3.8) is 0 Å². The summed E-state index contributed by atoms with van der Waals surface area (Å²) < 4.78 is 10.5. The summed E-state index contributed by atoms with van der Waals surface area (Å²) in [7, 11) is 1.63. The Morgan fingerprint density at radius 3 is 2.87 bits per heavy atom. The number of methoxy groups -OCH3 is 1. The third-order valence-corrected chi connectivity index (χ3v) is 3.98. The third-order valence-electron chi connectivity index (χ3n) is 3.98. The summed E-state index contributed by atoms with van der Waals surface area (Å²) in [6, 6.07) is 7.77. The Morgan fingerprint density at radius 2 is 2.17 bits per heavy atom. The molecule has 0 aromatic heterocycles. The van der Waals surface area contributed by atoms with Gasteiger partial charge >= 0.3 is 5.97 Å². The summed E-state index contributed by atoms with van der Waals surface area (Å²) in [5.41, 5.74) is 1.07. The van der Waals surface area contributed by atoms with Crippen molar-refractivity contribution in [2.75, 3.05) is 26.8 Å². The second kappa shape index (κ2) is 7.97.